The Morgan fingerprint density at radius 3 is 2.94 bits per heavy atom. The highest BCUT2D eigenvalue weighted by Crippen LogP contribution is 2.26. The van der Waals surface area contributed by atoms with Gasteiger partial charge in [0.15, 0.2) is 0 Å². The lowest BCUT2D eigenvalue weighted by atomic mass is 10.1. The smallest absolute Gasteiger partial charge is 0.321 e. The van der Waals surface area contributed by atoms with Crippen LogP contribution in [0.2, 0.25) is 0 Å². The molecule has 84 valence electrons. The summed E-state index contributed by atoms with van der Waals surface area (Å²) in [4.78, 5) is 10.9. The second kappa shape index (κ2) is 4.63. The van der Waals surface area contributed by atoms with Gasteiger partial charge in [0, 0.05) is 4.70 Å². The van der Waals surface area contributed by atoms with E-state index in [1.807, 2.05) is 23.6 Å². The number of benzene rings is 1. The van der Waals surface area contributed by atoms with Crippen molar-refractivity contribution in [1.29, 1.82) is 0 Å². The molecule has 0 unspecified atom stereocenters. The summed E-state index contributed by atoms with van der Waals surface area (Å²) < 4.78 is 1.21. The van der Waals surface area contributed by atoms with Crippen molar-refractivity contribution in [3.63, 3.8) is 0 Å². The molecule has 0 saturated carbocycles. The maximum atomic E-state index is 10.9. The highest BCUT2D eigenvalue weighted by atomic mass is 32.1. The second-order valence-electron chi connectivity index (χ2n) is 3.64. The van der Waals surface area contributed by atoms with Crippen LogP contribution in [0.15, 0.2) is 29.6 Å². The van der Waals surface area contributed by atoms with Gasteiger partial charge >= 0.3 is 5.97 Å². The summed E-state index contributed by atoms with van der Waals surface area (Å²) in [5, 5.41) is 15.0. The molecule has 2 aromatic rings. The molecular weight excluding hydrogens is 222 g/mol. The molecule has 4 heteroatoms. The van der Waals surface area contributed by atoms with Crippen molar-refractivity contribution in [2.45, 2.75) is 12.5 Å². The van der Waals surface area contributed by atoms with E-state index in [0.29, 0.717) is 6.42 Å². The van der Waals surface area contributed by atoms with Crippen LogP contribution in [-0.2, 0) is 11.2 Å². The Morgan fingerprint density at radius 1 is 1.50 bits per heavy atom. The summed E-state index contributed by atoms with van der Waals surface area (Å²) in [6, 6.07) is 7.55. The first-order valence-corrected chi connectivity index (χ1v) is 5.95. The van der Waals surface area contributed by atoms with E-state index in [2.05, 4.69) is 11.4 Å². The molecule has 0 aliphatic carbocycles. The third-order valence-electron chi connectivity index (χ3n) is 2.63. The van der Waals surface area contributed by atoms with Crippen molar-refractivity contribution in [2.24, 2.45) is 0 Å². The molecular formula is C12H13NO2S. The molecule has 1 heterocycles. The van der Waals surface area contributed by atoms with Gasteiger partial charge in [0.2, 0.25) is 0 Å². The van der Waals surface area contributed by atoms with E-state index in [0.717, 1.165) is 10.9 Å². The van der Waals surface area contributed by atoms with Crippen molar-refractivity contribution < 1.29 is 9.90 Å². The molecule has 0 amide bonds. The monoisotopic (exact) mass is 235 g/mol. The topological polar surface area (TPSA) is 49.3 Å². The Bertz CT molecular complexity index is 506. The first-order chi connectivity index (χ1) is 7.72. The Kier molecular flexibility index (Phi) is 3.22. The van der Waals surface area contributed by atoms with Gasteiger partial charge in [-0.25, -0.2) is 0 Å². The number of rotatable bonds is 4. The Hall–Kier alpha value is -1.39. The third kappa shape index (κ3) is 2.08. The van der Waals surface area contributed by atoms with Crippen molar-refractivity contribution in [1.82, 2.24) is 5.32 Å². The normalized spacial score (nSPS) is 12.8. The molecule has 0 aliphatic rings. The number of thiophene rings is 1. The first kappa shape index (κ1) is 11.1. The SMILES string of the molecule is CN[C@H](Cc1csc2ccccc12)C(=O)O. The van der Waals surface area contributed by atoms with Gasteiger partial charge in [0.1, 0.15) is 6.04 Å². The molecule has 2 rings (SSSR count). The molecule has 3 nitrogen and oxygen atoms in total. The number of carboxylic acid groups (broad SMARTS) is 1. The van der Waals surface area contributed by atoms with Crippen LogP contribution in [0.5, 0.6) is 0 Å². The quantitative estimate of drug-likeness (QED) is 0.853. The highest BCUT2D eigenvalue weighted by molar-refractivity contribution is 7.17. The number of nitrogens with one attached hydrogen (secondary N) is 1. The molecule has 0 radical (unpaired) electrons. The molecule has 1 aromatic carbocycles. The third-order valence-corrected chi connectivity index (χ3v) is 3.64. The van der Waals surface area contributed by atoms with Crippen LogP contribution in [0.4, 0.5) is 0 Å². The minimum absolute atomic E-state index is 0.516. The van der Waals surface area contributed by atoms with E-state index in [1.54, 1.807) is 18.4 Å². The van der Waals surface area contributed by atoms with E-state index >= 15 is 0 Å². The molecule has 0 saturated heterocycles. The Labute approximate surface area is 97.7 Å². The summed E-state index contributed by atoms with van der Waals surface area (Å²) in [7, 11) is 1.67. The lowest BCUT2D eigenvalue weighted by Gasteiger charge is -2.09. The van der Waals surface area contributed by atoms with Crippen LogP contribution in [0.25, 0.3) is 10.1 Å². The van der Waals surface area contributed by atoms with Crippen LogP contribution in [0.3, 0.4) is 0 Å². The van der Waals surface area contributed by atoms with Crippen molar-refractivity contribution in [3.05, 3.63) is 35.2 Å². The molecule has 16 heavy (non-hydrogen) atoms. The van der Waals surface area contributed by atoms with E-state index in [4.69, 9.17) is 5.11 Å². The fraction of sp³-hybridized carbons (Fsp3) is 0.250. The Balaban J connectivity index is 2.30. The summed E-state index contributed by atoms with van der Waals surface area (Å²) >= 11 is 1.66. The number of hydrogen-bond donors (Lipinski definition) is 2. The number of likely N-dealkylation sites (N-methyl/N-ethyl adjacent to an activating group) is 1. The molecule has 0 spiro atoms. The van der Waals surface area contributed by atoms with Gasteiger partial charge in [0.25, 0.3) is 0 Å². The zero-order chi connectivity index (χ0) is 11.5. The van der Waals surface area contributed by atoms with Gasteiger partial charge in [-0.1, -0.05) is 18.2 Å². The molecule has 0 aliphatic heterocycles. The lowest BCUT2D eigenvalue weighted by Crippen LogP contribution is -2.35. The predicted molar refractivity (Wildman–Crippen MR) is 66.0 cm³/mol. The number of carboxylic acids is 1. The van der Waals surface area contributed by atoms with Crippen LogP contribution in [0, 0.1) is 0 Å². The van der Waals surface area contributed by atoms with Crippen LogP contribution in [-0.4, -0.2) is 24.2 Å². The Morgan fingerprint density at radius 2 is 2.25 bits per heavy atom. The summed E-state index contributed by atoms with van der Waals surface area (Å²) in [6.45, 7) is 0. The fourth-order valence-corrected chi connectivity index (χ4v) is 2.70. The standard InChI is InChI=1S/C12H13NO2S/c1-13-10(12(14)15)6-8-7-16-11-5-3-2-4-9(8)11/h2-5,7,10,13H,6H2,1H3,(H,14,15)/t10-/m1/s1. The molecule has 0 bridgehead atoms. The fourth-order valence-electron chi connectivity index (χ4n) is 1.72. The average molecular weight is 235 g/mol. The average Bonchev–Trinajstić information content (AvgIpc) is 2.69. The highest BCUT2D eigenvalue weighted by Gasteiger charge is 2.17. The van der Waals surface area contributed by atoms with E-state index in [1.165, 1.54) is 4.70 Å². The predicted octanol–water partition coefficient (Wildman–Crippen LogP) is 2.12. The molecule has 1 aromatic heterocycles. The van der Waals surface area contributed by atoms with Crippen molar-refractivity contribution >= 4 is 27.4 Å². The maximum Gasteiger partial charge on any atom is 0.321 e. The van der Waals surface area contributed by atoms with Gasteiger partial charge in [-0.3, -0.25) is 4.79 Å². The largest absolute Gasteiger partial charge is 0.480 e. The number of hydrogen-bond acceptors (Lipinski definition) is 3. The van der Waals surface area contributed by atoms with E-state index in [9.17, 15) is 4.79 Å². The minimum atomic E-state index is -0.808. The van der Waals surface area contributed by atoms with Crippen LogP contribution >= 0.6 is 11.3 Å². The first-order valence-electron chi connectivity index (χ1n) is 5.07. The molecule has 1 atom stereocenters. The van der Waals surface area contributed by atoms with Crippen molar-refractivity contribution in [2.75, 3.05) is 7.05 Å². The van der Waals surface area contributed by atoms with E-state index in [-0.39, 0.29) is 0 Å². The van der Waals surface area contributed by atoms with Crippen molar-refractivity contribution in [3.8, 4) is 0 Å². The number of aliphatic carboxylic acids is 1. The van der Waals surface area contributed by atoms with Gasteiger partial charge in [-0.15, -0.1) is 11.3 Å². The summed E-state index contributed by atoms with van der Waals surface area (Å²) in [5.41, 5.74) is 1.10. The maximum absolute atomic E-state index is 10.9. The lowest BCUT2D eigenvalue weighted by molar-refractivity contribution is -0.139. The van der Waals surface area contributed by atoms with Gasteiger partial charge in [0.05, 0.1) is 0 Å². The minimum Gasteiger partial charge on any atom is -0.480 e. The summed E-state index contributed by atoms with van der Waals surface area (Å²) in [6.07, 6.45) is 0.524. The van der Waals surface area contributed by atoms with Crippen LogP contribution in [0.1, 0.15) is 5.56 Å². The zero-order valence-electron chi connectivity index (χ0n) is 8.93. The van der Waals surface area contributed by atoms with Gasteiger partial charge in [-0.05, 0) is 35.9 Å². The molecule has 2 N–H and O–H groups in total. The summed E-state index contributed by atoms with van der Waals surface area (Å²) in [5.74, 6) is -0.808. The number of fused-ring (bicyclic) bond motifs is 1. The van der Waals surface area contributed by atoms with Gasteiger partial charge in [-0.2, -0.15) is 0 Å². The number of carbonyl (C=O) groups is 1. The molecule has 0 fully saturated rings. The van der Waals surface area contributed by atoms with E-state index < -0.39 is 12.0 Å². The second-order valence-corrected chi connectivity index (χ2v) is 4.55. The zero-order valence-corrected chi connectivity index (χ0v) is 9.75. The van der Waals surface area contributed by atoms with Gasteiger partial charge < -0.3 is 10.4 Å². The van der Waals surface area contributed by atoms with Crippen LogP contribution < -0.4 is 5.32 Å².